The molecule has 2 aromatic rings. The molecule has 2 heterocycles. The lowest BCUT2D eigenvalue weighted by Gasteiger charge is -2.27. The zero-order valence-electron chi connectivity index (χ0n) is 16.3. The molecule has 0 radical (unpaired) electrons. The molecular weight excluding hydrogens is 454 g/mol. The number of benzene rings is 2. The van der Waals surface area contributed by atoms with Crippen LogP contribution in [0.25, 0.3) is 0 Å². The first kappa shape index (κ1) is 20.5. The number of phenols is 1. The summed E-state index contributed by atoms with van der Waals surface area (Å²) in [6.07, 6.45) is -1.06. The number of aromatic hydroxyl groups is 1. The van der Waals surface area contributed by atoms with Crippen molar-refractivity contribution >= 4 is 39.3 Å². The molecule has 2 saturated heterocycles. The SMILES string of the molecule is Cc1cc(C2C3C(=O)N(c4ccc(Br)cc4)C(=O)C3ON2CC(N)=O)cc(C)c1O. The van der Waals surface area contributed by atoms with Crippen LogP contribution in [0.15, 0.2) is 40.9 Å². The minimum absolute atomic E-state index is 0.154. The molecule has 2 aliphatic heterocycles. The lowest BCUT2D eigenvalue weighted by atomic mass is 9.89. The molecule has 8 nitrogen and oxygen atoms in total. The third kappa shape index (κ3) is 3.28. The topological polar surface area (TPSA) is 113 Å². The fraction of sp³-hybridized carbons (Fsp3) is 0.286. The van der Waals surface area contributed by atoms with E-state index in [1.54, 1.807) is 50.2 Å². The molecule has 156 valence electrons. The van der Waals surface area contributed by atoms with E-state index in [0.717, 1.165) is 9.37 Å². The Labute approximate surface area is 181 Å². The van der Waals surface area contributed by atoms with E-state index in [9.17, 15) is 19.5 Å². The van der Waals surface area contributed by atoms with Crippen molar-refractivity contribution in [1.82, 2.24) is 5.06 Å². The summed E-state index contributed by atoms with van der Waals surface area (Å²) in [4.78, 5) is 44.9. The number of imide groups is 1. The summed E-state index contributed by atoms with van der Waals surface area (Å²) in [6, 6.07) is 9.60. The van der Waals surface area contributed by atoms with E-state index in [0.29, 0.717) is 22.4 Å². The number of aryl methyl sites for hydroxylation is 2. The van der Waals surface area contributed by atoms with E-state index in [1.807, 2.05) is 0 Å². The Balaban J connectivity index is 1.77. The summed E-state index contributed by atoms with van der Waals surface area (Å²) in [5.74, 6) is -2.23. The Morgan fingerprint density at radius 3 is 2.30 bits per heavy atom. The van der Waals surface area contributed by atoms with Crippen LogP contribution in [-0.4, -0.2) is 40.5 Å². The smallest absolute Gasteiger partial charge is 0.265 e. The Morgan fingerprint density at radius 1 is 1.13 bits per heavy atom. The molecule has 0 aromatic heterocycles. The van der Waals surface area contributed by atoms with Gasteiger partial charge in [0.25, 0.3) is 5.91 Å². The van der Waals surface area contributed by atoms with Crippen molar-refractivity contribution in [3.63, 3.8) is 0 Å². The zero-order chi connectivity index (χ0) is 21.7. The van der Waals surface area contributed by atoms with Crippen LogP contribution < -0.4 is 10.6 Å². The van der Waals surface area contributed by atoms with Gasteiger partial charge in [0.15, 0.2) is 6.10 Å². The minimum atomic E-state index is -1.06. The van der Waals surface area contributed by atoms with Gasteiger partial charge in [-0.3, -0.25) is 19.2 Å². The van der Waals surface area contributed by atoms with Gasteiger partial charge in [-0.15, -0.1) is 0 Å². The highest BCUT2D eigenvalue weighted by Crippen LogP contribution is 2.46. The van der Waals surface area contributed by atoms with E-state index >= 15 is 0 Å². The van der Waals surface area contributed by atoms with Crippen LogP contribution in [0.5, 0.6) is 5.75 Å². The monoisotopic (exact) mass is 473 g/mol. The van der Waals surface area contributed by atoms with Crippen molar-refractivity contribution in [1.29, 1.82) is 0 Å². The molecule has 9 heteroatoms. The number of anilines is 1. The van der Waals surface area contributed by atoms with Crippen LogP contribution >= 0.6 is 15.9 Å². The van der Waals surface area contributed by atoms with E-state index in [4.69, 9.17) is 10.6 Å². The molecule has 3 N–H and O–H groups in total. The predicted octanol–water partition coefficient (Wildman–Crippen LogP) is 2.10. The second-order valence-electron chi connectivity index (χ2n) is 7.53. The van der Waals surface area contributed by atoms with Crippen molar-refractivity contribution in [3.05, 3.63) is 57.6 Å². The van der Waals surface area contributed by atoms with Gasteiger partial charge in [-0.05, 0) is 54.8 Å². The second-order valence-corrected chi connectivity index (χ2v) is 8.45. The normalized spacial score (nSPS) is 23.8. The fourth-order valence-corrected chi connectivity index (χ4v) is 4.40. The first-order chi connectivity index (χ1) is 14.2. The third-order valence-corrected chi connectivity index (χ3v) is 5.97. The zero-order valence-corrected chi connectivity index (χ0v) is 17.9. The number of rotatable bonds is 4. The van der Waals surface area contributed by atoms with E-state index in [2.05, 4.69) is 15.9 Å². The maximum Gasteiger partial charge on any atom is 0.265 e. The van der Waals surface area contributed by atoms with Crippen molar-refractivity contribution in [2.75, 3.05) is 11.4 Å². The quantitative estimate of drug-likeness (QED) is 0.657. The van der Waals surface area contributed by atoms with Gasteiger partial charge in [0.1, 0.15) is 12.3 Å². The Hall–Kier alpha value is -2.75. The maximum absolute atomic E-state index is 13.4. The van der Waals surface area contributed by atoms with E-state index in [1.165, 1.54) is 5.06 Å². The maximum atomic E-state index is 13.4. The Bertz CT molecular complexity index is 1030. The number of carbonyl (C=O) groups is 3. The highest BCUT2D eigenvalue weighted by atomic mass is 79.9. The summed E-state index contributed by atoms with van der Waals surface area (Å²) in [5, 5.41) is 11.4. The number of amides is 3. The number of carbonyl (C=O) groups excluding carboxylic acids is 3. The number of hydrogen-bond acceptors (Lipinski definition) is 6. The molecule has 3 unspecified atom stereocenters. The first-order valence-corrected chi connectivity index (χ1v) is 10.1. The highest BCUT2D eigenvalue weighted by Gasteiger charge is 2.60. The van der Waals surface area contributed by atoms with Crippen molar-refractivity contribution in [3.8, 4) is 5.75 Å². The molecule has 0 saturated carbocycles. The standard InChI is InChI=1S/C21H20BrN3O5/c1-10-7-12(8-11(2)18(10)27)17-16-19(30-24(17)9-15(23)26)21(29)25(20(16)28)14-5-3-13(22)4-6-14/h3-8,16-17,19,27H,9H2,1-2H3,(H2,23,26). The van der Waals surface area contributed by atoms with Crippen molar-refractivity contribution in [2.24, 2.45) is 11.7 Å². The second kappa shape index (κ2) is 7.50. The number of primary amides is 1. The van der Waals surface area contributed by atoms with Crippen LogP contribution in [0.3, 0.4) is 0 Å². The molecule has 3 amide bonds. The van der Waals surface area contributed by atoms with Crippen molar-refractivity contribution < 1.29 is 24.3 Å². The van der Waals surface area contributed by atoms with Crippen LogP contribution in [-0.2, 0) is 19.2 Å². The summed E-state index contributed by atoms with van der Waals surface area (Å²) in [5.41, 5.74) is 7.71. The molecule has 30 heavy (non-hydrogen) atoms. The first-order valence-electron chi connectivity index (χ1n) is 9.34. The van der Waals surface area contributed by atoms with Crippen LogP contribution in [0.2, 0.25) is 0 Å². The average Bonchev–Trinajstić information content (AvgIpc) is 3.15. The van der Waals surface area contributed by atoms with Crippen LogP contribution in [0, 0.1) is 19.8 Å². The Kier molecular flexibility index (Phi) is 5.13. The number of nitrogens with two attached hydrogens (primary N) is 1. The van der Waals surface area contributed by atoms with Crippen LogP contribution in [0.4, 0.5) is 5.69 Å². The molecule has 4 rings (SSSR count). The van der Waals surface area contributed by atoms with Gasteiger partial charge < -0.3 is 10.8 Å². The predicted molar refractivity (Wildman–Crippen MR) is 111 cm³/mol. The number of nitrogens with zero attached hydrogens (tertiary/aromatic N) is 2. The average molecular weight is 474 g/mol. The van der Waals surface area contributed by atoms with Gasteiger partial charge in [-0.2, -0.15) is 5.06 Å². The van der Waals surface area contributed by atoms with E-state index < -0.39 is 35.8 Å². The third-order valence-electron chi connectivity index (χ3n) is 5.45. The van der Waals surface area contributed by atoms with Crippen molar-refractivity contribution in [2.45, 2.75) is 26.0 Å². The molecule has 2 aliphatic rings. The number of hydrogen-bond donors (Lipinski definition) is 2. The number of phenolic OH excluding ortho intramolecular Hbond substituents is 1. The van der Waals surface area contributed by atoms with Gasteiger partial charge in [0, 0.05) is 4.47 Å². The molecule has 0 bridgehead atoms. The molecule has 0 aliphatic carbocycles. The van der Waals surface area contributed by atoms with Gasteiger partial charge in [-0.1, -0.05) is 28.1 Å². The van der Waals surface area contributed by atoms with Gasteiger partial charge >= 0.3 is 0 Å². The summed E-state index contributed by atoms with van der Waals surface area (Å²) in [6.45, 7) is 3.22. The highest BCUT2D eigenvalue weighted by molar-refractivity contribution is 9.10. The fourth-order valence-electron chi connectivity index (χ4n) is 4.14. The summed E-state index contributed by atoms with van der Waals surface area (Å²) in [7, 11) is 0. The minimum Gasteiger partial charge on any atom is -0.507 e. The van der Waals surface area contributed by atoms with Gasteiger partial charge in [-0.25, -0.2) is 4.90 Å². The molecule has 2 fully saturated rings. The lowest BCUT2D eigenvalue weighted by molar-refractivity contribution is -0.175. The molecule has 2 aromatic carbocycles. The van der Waals surface area contributed by atoms with Gasteiger partial charge in [0.2, 0.25) is 11.8 Å². The molecule has 0 spiro atoms. The largest absolute Gasteiger partial charge is 0.507 e. The summed E-state index contributed by atoms with van der Waals surface area (Å²) < 4.78 is 0.822. The molecular formula is C21H20BrN3O5. The number of halogens is 1. The molecule has 3 atom stereocenters. The van der Waals surface area contributed by atoms with E-state index in [-0.39, 0.29) is 12.3 Å². The number of fused-ring (bicyclic) bond motifs is 1. The number of hydroxylamine groups is 2. The van der Waals surface area contributed by atoms with Gasteiger partial charge in [0.05, 0.1) is 17.6 Å². The lowest BCUT2D eigenvalue weighted by Crippen LogP contribution is -2.40. The Morgan fingerprint density at radius 2 is 1.73 bits per heavy atom. The van der Waals surface area contributed by atoms with Crippen LogP contribution in [0.1, 0.15) is 22.7 Å². The summed E-state index contributed by atoms with van der Waals surface area (Å²) >= 11 is 3.34.